The summed E-state index contributed by atoms with van der Waals surface area (Å²) in [4.78, 5) is 7.81. The smallest absolute Gasteiger partial charge is 0.161 e. The zero-order valence-corrected chi connectivity index (χ0v) is 11.6. The first-order chi connectivity index (χ1) is 9.31. The van der Waals surface area contributed by atoms with Gasteiger partial charge in [-0.2, -0.15) is 0 Å². The fourth-order valence-electron chi connectivity index (χ4n) is 2.04. The van der Waals surface area contributed by atoms with Gasteiger partial charge in [0.2, 0.25) is 0 Å². The van der Waals surface area contributed by atoms with Gasteiger partial charge in [-0.15, -0.1) is 0 Å². The van der Waals surface area contributed by atoms with E-state index >= 15 is 0 Å². The summed E-state index contributed by atoms with van der Waals surface area (Å²) in [6.45, 7) is 7.91. The van der Waals surface area contributed by atoms with Crippen molar-refractivity contribution in [2.75, 3.05) is 26.2 Å². The lowest BCUT2D eigenvalue weighted by atomic mass is 10.2. The molecule has 0 unspecified atom stereocenters. The van der Waals surface area contributed by atoms with Gasteiger partial charge in [0.25, 0.3) is 0 Å². The minimum absolute atomic E-state index is 0.787. The molecule has 0 saturated carbocycles. The Morgan fingerprint density at radius 1 is 1.26 bits per heavy atom. The third kappa shape index (κ3) is 3.83. The van der Waals surface area contributed by atoms with Gasteiger partial charge in [0.05, 0.1) is 0 Å². The second-order valence-corrected chi connectivity index (χ2v) is 4.49. The molecule has 0 bridgehead atoms. The van der Waals surface area contributed by atoms with Gasteiger partial charge >= 0.3 is 0 Å². The molecule has 19 heavy (non-hydrogen) atoms. The summed E-state index contributed by atoms with van der Waals surface area (Å²) >= 11 is 0. The van der Waals surface area contributed by atoms with Crippen LogP contribution < -0.4 is 5.32 Å². The summed E-state index contributed by atoms with van der Waals surface area (Å²) in [6, 6.07) is 10.0. The van der Waals surface area contributed by atoms with Gasteiger partial charge in [-0.05, 0) is 19.9 Å². The van der Waals surface area contributed by atoms with E-state index in [0.717, 1.165) is 43.3 Å². The Morgan fingerprint density at radius 2 is 1.95 bits per heavy atom. The molecule has 2 rings (SSSR count). The normalized spacial score (nSPS) is 17.5. The van der Waals surface area contributed by atoms with Crippen LogP contribution in [0.4, 0.5) is 0 Å². The van der Waals surface area contributed by atoms with Gasteiger partial charge in [-0.25, -0.2) is 0 Å². The van der Waals surface area contributed by atoms with Crippen molar-refractivity contribution in [3.8, 4) is 0 Å². The van der Waals surface area contributed by atoms with Crippen molar-refractivity contribution >= 4 is 11.6 Å². The first-order valence-corrected chi connectivity index (χ1v) is 6.70. The maximum atomic E-state index is 5.58. The number of hydrogen-bond acceptors (Lipinski definition) is 3. The molecule has 1 fully saturated rings. The van der Waals surface area contributed by atoms with E-state index in [1.165, 1.54) is 0 Å². The van der Waals surface area contributed by atoms with Crippen molar-refractivity contribution in [3.05, 3.63) is 42.0 Å². The molecular formula is C15H21N3O. The molecule has 1 aliphatic rings. The van der Waals surface area contributed by atoms with E-state index in [9.17, 15) is 0 Å². The summed E-state index contributed by atoms with van der Waals surface area (Å²) in [5, 5.41) is 7.56. The minimum atomic E-state index is 0.787. The van der Waals surface area contributed by atoms with E-state index in [2.05, 4.69) is 15.4 Å². The van der Waals surface area contributed by atoms with Gasteiger partial charge in [0.1, 0.15) is 5.84 Å². The number of benzene rings is 1. The number of nitrogens with one attached hydrogen (secondary N) is 1. The highest BCUT2D eigenvalue weighted by molar-refractivity contribution is 5.79. The molecule has 1 saturated heterocycles. The molecule has 0 spiro atoms. The number of rotatable bonds is 3. The lowest BCUT2D eigenvalue weighted by molar-refractivity contribution is 0.274. The highest BCUT2D eigenvalue weighted by atomic mass is 16.6. The molecule has 1 N–H and O–H groups in total. The first kappa shape index (κ1) is 13.6. The number of piperazine rings is 1. The zero-order chi connectivity index (χ0) is 13.5. The van der Waals surface area contributed by atoms with Crippen molar-refractivity contribution in [2.45, 2.75) is 13.8 Å². The SMILES string of the molecule is CC=C(O/N=C(\C)N1CCNCC1)c1ccccc1. The fraction of sp³-hybridized carbons (Fsp3) is 0.400. The summed E-state index contributed by atoms with van der Waals surface area (Å²) in [6.07, 6.45) is 1.93. The molecule has 0 aliphatic carbocycles. The van der Waals surface area contributed by atoms with Gasteiger partial charge in [-0.3, -0.25) is 0 Å². The van der Waals surface area contributed by atoms with Crippen LogP contribution in [0.3, 0.4) is 0 Å². The van der Waals surface area contributed by atoms with E-state index in [1.54, 1.807) is 0 Å². The number of allylic oxidation sites excluding steroid dienone is 1. The molecule has 0 aromatic heterocycles. The van der Waals surface area contributed by atoms with Gasteiger partial charge in [-0.1, -0.05) is 35.5 Å². The molecule has 0 amide bonds. The standard InChI is InChI=1S/C15H21N3O/c1-3-15(14-7-5-4-6-8-14)19-17-13(2)18-11-9-16-10-12-18/h3-8,16H,9-12H2,1-2H3/b15-3?,17-13+. The quantitative estimate of drug-likeness (QED) is 0.392. The molecule has 102 valence electrons. The third-order valence-corrected chi connectivity index (χ3v) is 3.17. The lowest BCUT2D eigenvalue weighted by Crippen LogP contribution is -2.45. The van der Waals surface area contributed by atoms with Crippen LogP contribution >= 0.6 is 0 Å². The molecule has 4 heteroatoms. The van der Waals surface area contributed by atoms with E-state index < -0.39 is 0 Å². The summed E-state index contributed by atoms with van der Waals surface area (Å²) < 4.78 is 0. The molecule has 4 nitrogen and oxygen atoms in total. The molecule has 0 atom stereocenters. The Bertz CT molecular complexity index is 448. The predicted molar refractivity (Wildman–Crippen MR) is 78.7 cm³/mol. The van der Waals surface area contributed by atoms with Crippen LogP contribution in [0, 0.1) is 0 Å². The summed E-state index contributed by atoms with van der Waals surface area (Å²) in [5.41, 5.74) is 1.04. The van der Waals surface area contributed by atoms with Gasteiger partial charge in [0.15, 0.2) is 5.76 Å². The number of amidine groups is 1. The molecule has 1 heterocycles. The number of oxime groups is 1. The molecule has 1 aromatic carbocycles. The highest BCUT2D eigenvalue weighted by Gasteiger charge is 2.11. The topological polar surface area (TPSA) is 36.9 Å². The second-order valence-electron chi connectivity index (χ2n) is 4.49. The van der Waals surface area contributed by atoms with Crippen LogP contribution in [0.1, 0.15) is 19.4 Å². The van der Waals surface area contributed by atoms with E-state index in [-0.39, 0.29) is 0 Å². The fourth-order valence-corrected chi connectivity index (χ4v) is 2.04. The highest BCUT2D eigenvalue weighted by Crippen LogP contribution is 2.15. The van der Waals surface area contributed by atoms with Crippen LogP contribution in [0.15, 0.2) is 41.6 Å². The predicted octanol–water partition coefficient (Wildman–Crippen LogP) is 2.30. The molecule has 0 radical (unpaired) electrons. The Balaban J connectivity index is 1.99. The van der Waals surface area contributed by atoms with Gasteiger partial charge in [0, 0.05) is 31.7 Å². The van der Waals surface area contributed by atoms with E-state index in [4.69, 9.17) is 4.84 Å². The average Bonchev–Trinajstić information content (AvgIpc) is 2.49. The van der Waals surface area contributed by atoms with Crippen molar-refractivity contribution in [1.82, 2.24) is 10.2 Å². The van der Waals surface area contributed by atoms with E-state index in [0.29, 0.717) is 0 Å². The Labute approximate surface area is 114 Å². The maximum absolute atomic E-state index is 5.58. The summed E-state index contributed by atoms with van der Waals surface area (Å²) in [7, 11) is 0. The Kier molecular flexibility index (Phi) is 4.98. The minimum Gasteiger partial charge on any atom is -0.355 e. The molecular weight excluding hydrogens is 238 g/mol. The van der Waals surface area contributed by atoms with Crippen molar-refractivity contribution in [1.29, 1.82) is 0 Å². The van der Waals surface area contributed by atoms with E-state index in [1.807, 2.05) is 50.3 Å². The third-order valence-electron chi connectivity index (χ3n) is 3.17. The summed E-state index contributed by atoms with van der Waals surface area (Å²) in [5.74, 6) is 1.71. The van der Waals surface area contributed by atoms with Crippen molar-refractivity contribution in [3.63, 3.8) is 0 Å². The van der Waals surface area contributed by atoms with Crippen LogP contribution in [0.25, 0.3) is 5.76 Å². The molecule has 1 aromatic rings. The monoisotopic (exact) mass is 259 g/mol. The average molecular weight is 259 g/mol. The van der Waals surface area contributed by atoms with Crippen LogP contribution in [0.5, 0.6) is 0 Å². The number of hydrogen-bond donors (Lipinski definition) is 1. The first-order valence-electron chi connectivity index (χ1n) is 6.70. The van der Waals surface area contributed by atoms with Crippen LogP contribution in [0.2, 0.25) is 0 Å². The lowest BCUT2D eigenvalue weighted by Gasteiger charge is -2.28. The largest absolute Gasteiger partial charge is 0.355 e. The van der Waals surface area contributed by atoms with Crippen molar-refractivity contribution in [2.24, 2.45) is 5.16 Å². The maximum Gasteiger partial charge on any atom is 0.161 e. The van der Waals surface area contributed by atoms with Crippen molar-refractivity contribution < 1.29 is 4.84 Å². The molecule has 1 aliphatic heterocycles. The zero-order valence-electron chi connectivity index (χ0n) is 11.6. The second kappa shape index (κ2) is 6.95. The Hall–Kier alpha value is -1.81. The number of nitrogens with zero attached hydrogens (tertiary/aromatic N) is 2. The van der Waals surface area contributed by atoms with Crippen LogP contribution in [-0.2, 0) is 4.84 Å². The van der Waals surface area contributed by atoms with Crippen LogP contribution in [-0.4, -0.2) is 36.9 Å². The Morgan fingerprint density at radius 3 is 2.58 bits per heavy atom. The van der Waals surface area contributed by atoms with Gasteiger partial charge < -0.3 is 15.1 Å².